The first-order valence-corrected chi connectivity index (χ1v) is 5.66. The molecule has 92 valence electrons. The molecule has 0 saturated carbocycles. The average Bonchev–Trinajstić information content (AvgIpc) is 2.64. The molecular formula is C14H18O3. The topological polar surface area (TPSA) is 46.5 Å². The largest absolute Gasteiger partial charge is 0.459 e. The minimum absolute atomic E-state index is 0.0368. The van der Waals surface area contributed by atoms with Gasteiger partial charge in [-0.2, -0.15) is 0 Å². The molecule has 1 N–H and O–H groups in total. The molecule has 1 aliphatic heterocycles. The molecule has 3 nitrogen and oxygen atoms in total. The Labute approximate surface area is 102 Å². The number of esters is 1. The van der Waals surface area contributed by atoms with Gasteiger partial charge in [-0.05, 0) is 6.92 Å². The molecule has 0 aromatic heterocycles. The number of hydrogen-bond acceptors (Lipinski definition) is 3. The first-order chi connectivity index (χ1) is 8.19. The van der Waals surface area contributed by atoms with Crippen LogP contribution in [0.4, 0.5) is 0 Å². The predicted octanol–water partition coefficient (Wildman–Crippen LogP) is 2.15. The molecule has 1 fully saturated rings. The summed E-state index contributed by atoms with van der Waals surface area (Å²) in [7, 11) is 0. The second kappa shape index (κ2) is 6.86. The monoisotopic (exact) mass is 234 g/mol. The Balaban J connectivity index is 2.72. The molecule has 3 unspecified atom stereocenters. The zero-order valence-electron chi connectivity index (χ0n) is 9.95. The molecule has 0 aromatic rings. The molecular weight excluding hydrogens is 216 g/mol. The molecule has 0 bridgehead atoms. The lowest BCUT2D eigenvalue weighted by atomic mass is 9.98. The van der Waals surface area contributed by atoms with Crippen molar-refractivity contribution in [3.8, 4) is 0 Å². The molecule has 0 radical (unpaired) electrons. The SMILES string of the molecule is C=CC=CC(C=CC=CC)C1CC(O)C(=O)O1. The molecule has 0 amide bonds. The van der Waals surface area contributed by atoms with Crippen molar-refractivity contribution < 1.29 is 14.6 Å². The van der Waals surface area contributed by atoms with Crippen LogP contribution in [0.25, 0.3) is 0 Å². The van der Waals surface area contributed by atoms with Crippen molar-refractivity contribution in [2.45, 2.75) is 25.6 Å². The number of hydrogen-bond donors (Lipinski definition) is 1. The number of allylic oxidation sites excluding steroid dienone is 5. The maximum absolute atomic E-state index is 11.1. The third kappa shape index (κ3) is 4.04. The fourth-order valence-electron chi connectivity index (χ4n) is 1.65. The lowest BCUT2D eigenvalue weighted by Crippen LogP contribution is -2.16. The summed E-state index contributed by atoms with van der Waals surface area (Å²) < 4.78 is 5.11. The maximum Gasteiger partial charge on any atom is 0.335 e. The van der Waals surface area contributed by atoms with Crippen LogP contribution < -0.4 is 0 Å². The number of aliphatic hydroxyl groups is 1. The van der Waals surface area contributed by atoms with E-state index in [0.29, 0.717) is 6.42 Å². The smallest absolute Gasteiger partial charge is 0.335 e. The highest BCUT2D eigenvalue weighted by molar-refractivity contribution is 5.76. The van der Waals surface area contributed by atoms with E-state index in [4.69, 9.17) is 4.74 Å². The standard InChI is InChI=1S/C14H18O3/c1-3-5-7-9-11(8-6-4-2)13-10-12(15)14(16)17-13/h3-9,11-13,15H,2,10H2,1H3. The van der Waals surface area contributed by atoms with Crippen molar-refractivity contribution in [3.05, 3.63) is 49.1 Å². The average molecular weight is 234 g/mol. The quantitative estimate of drug-likeness (QED) is 0.585. The fourth-order valence-corrected chi connectivity index (χ4v) is 1.65. The summed E-state index contributed by atoms with van der Waals surface area (Å²) in [5.74, 6) is -0.572. The number of ether oxygens (including phenoxy) is 1. The van der Waals surface area contributed by atoms with E-state index in [0.717, 1.165) is 0 Å². The number of carbonyl (C=O) groups excluding carboxylic acids is 1. The minimum atomic E-state index is -0.991. The first-order valence-electron chi connectivity index (χ1n) is 5.66. The van der Waals surface area contributed by atoms with E-state index in [-0.39, 0.29) is 12.0 Å². The van der Waals surface area contributed by atoms with Crippen LogP contribution in [0.5, 0.6) is 0 Å². The van der Waals surface area contributed by atoms with Crippen LogP contribution in [-0.4, -0.2) is 23.3 Å². The van der Waals surface area contributed by atoms with Crippen molar-refractivity contribution >= 4 is 5.97 Å². The summed E-state index contributed by atoms with van der Waals surface area (Å²) in [6.07, 6.45) is 12.1. The van der Waals surface area contributed by atoms with Crippen molar-refractivity contribution in [3.63, 3.8) is 0 Å². The van der Waals surface area contributed by atoms with Gasteiger partial charge in [0.1, 0.15) is 6.10 Å². The predicted molar refractivity (Wildman–Crippen MR) is 67.3 cm³/mol. The maximum atomic E-state index is 11.1. The molecule has 0 aromatic carbocycles. The van der Waals surface area contributed by atoms with Gasteiger partial charge in [0.05, 0.1) is 0 Å². The van der Waals surface area contributed by atoms with Crippen LogP contribution in [0.1, 0.15) is 13.3 Å². The van der Waals surface area contributed by atoms with Gasteiger partial charge in [0.15, 0.2) is 6.10 Å². The summed E-state index contributed by atoms with van der Waals surface area (Å²) in [6, 6.07) is 0. The molecule has 1 rings (SSSR count). The van der Waals surface area contributed by atoms with Crippen LogP contribution in [0.3, 0.4) is 0 Å². The van der Waals surface area contributed by atoms with Gasteiger partial charge in [0, 0.05) is 12.3 Å². The number of carbonyl (C=O) groups is 1. The van der Waals surface area contributed by atoms with Crippen molar-refractivity contribution in [1.29, 1.82) is 0 Å². The molecule has 1 saturated heterocycles. The molecule has 0 aliphatic carbocycles. The number of cyclic esters (lactones) is 1. The summed E-state index contributed by atoms with van der Waals surface area (Å²) >= 11 is 0. The van der Waals surface area contributed by atoms with Gasteiger partial charge in [0.2, 0.25) is 0 Å². The molecule has 1 heterocycles. The molecule has 0 spiro atoms. The molecule has 3 heteroatoms. The van der Waals surface area contributed by atoms with Gasteiger partial charge in [-0.1, -0.05) is 49.1 Å². The Hall–Kier alpha value is -1.61. The van der Waals surface area contributed by atoms with E-state index in [2.05, 4.69) is 6.58 Å². The Morgan fingerprint density at radius 3 is 2.65 bits per heavy atom. The van der Waals surface area contributed by atoms with E-state index in [1.807, 2.05) is 43.4 Å². The highest BCUT2D eigenvalue weighted by Crippen LogP contribution is 2.24. The van der Waals surface area contributed by atoms with Crippen LogP contribution in [-0.2, 0) is 9.53 Å². The second-order valence-corrected chi connectivity index (χ2v) is 3.84. The van der Waals surface area contributed by atoms with Gasteiger partial charge in [-0.15, -0.1) is 0 Å². The Bertz CT molecular complexity index is 352. The summed E-state index contributed by atoms with van der Waals surface area (Å²) in [6.45, 7) is 5.53. The van der Waals surface area contributed by atoms with Crippen molar-refractivity contribution in [2.24, 2.45) is 5.92 Å². The summed E-state index contributed by atoms with van der Waals surface area (Å²) in [4.78, 5) is 11.1. The molecule has 3 atom stereocenters. The molecule has 17 heavy (non-hydrogen) atoms. The number of aliphatic hydroxyl groups excluding tert-OH is 1. The van der Waals surface area contributed by atoms with E-state index < -0.39 is 12.1 Å². The zero-order chi connectivity index (χ0) is 12.7. The normalized spacial score (nSPS) is 27.1. The van der Waals surface area contributed by atoms with Gasteiger partial charge in [-0.25, -0.2) is 4.79 Å². The lowest BCUT2D eigenvalue weighted by Gasteiger charge is -2.14. The van der Waals surface area contributed by atoms with Crippen molar-refractivity contribution in [2.75, 3.05) is 0 Å². The number of rotatable bonds is 5. The van der Waals surface area contributed by atoms with E-state index >= 15 is 0 Å². The van der Waals surface area contributed by atoms with Crippen molar-refractivity contribution in [1.82, 2.24) is 0 Å². The summed E-state index contributed by atoms with van der Waals surface area (Å²) in [5, 5.41) is 9.36. The van der Waals surface area contributed by atoms with Crippen LogP contribution >= 0.6 is 0 Å². The summed E-state index contributed by atoms with van der Waals surface area (Å²) in [5.41, 5.74) is 0. The first kappa shape index (κ1) is 13.5. The van der Waals surface area contributed by atoms with E-state index in [1.165, 1.54) is 0 Å². The van der Waals surface area contributed by atoms with Gasteiger partial charge in [0.25, 0.3) is 0 Å². The highest BCUT2D eigenvalue weighted by atomic mass is 16.6. The van der Waals surface area contributed by atoms with Gasteiger partial charge < -0.3 is 9.84 Å². The van der Waals surface area contributed by atoms with Crippen LogP contribution in [0, 0.1) is 5.92 Å². The Kier molecular flexibility index (Phi) is 5.43. The zero-order valence-corrected chi connectivity index (χ0v) is 9.95. The fraction of sp³-hybridized carbons (Fsp3) is 0.357. The van der Waals surface area contributed by atoms with Crippen LogP contribution in [0.2, 0.25) is 0 Å². The van der Waals surface area contributed by atoms with E-state index in [9.17, 15) is 9.90 Å². The van der Waals surface area contributed by atoms with Gasteiger partial charge >= 0.3 is 5.97 Å². The Morgan fingerprint density at radius 1 is 1.41 bits per heavy atom. The minimum Gasteiger partial charge on any atom is -0.459 e. The van der Waals surface area contributed by atoms with Gasteiger partial charge in [-0.3, -0.25) is 0 Å². The lowest BCUT2D eigenvalue weighted by molar-refractivity contribution is -0.147. The molecule has 1 aliphatic rings. The second-order valence-electron chi connectivity index (χ2n) is 3.84. The third-order valence-electron chi connectivity index (χ3n) is 2.53. The third-order valence-corrected chi connectivity index (χ3v) is 2.53. The van der Waals surface area contributed by atoms with Crippen LogP contribution in [0.15, 0.2) is 49.1 Å². The Morgan fingerprint density at radius 2 is 2.12 bits per heavy atom. The highest BCUT2D eigenvalue weighted by Gasteiger charge is 2.35. The van der Waals surface area contributed by atoms with E-state index in [1.54, 1.807) is 6.08 Å².